The SMILES string of the molecule is CC(C)Oc1ccc(CN)cn1.O=C(O)C(=O)O. The number of rotatable bonds is 3. The van der Waals surface area contributed by atoms with Crippen LogP contribution in [-0.2, 0) is 16.1 Å². The Kier molecular flexibility index (Phi) is 7.06. The monoisotopic (exact) mass is 256 g/mol. The van der Waals surface area contributed by atoms with E-state index in [-0.39, 0.29) is 6.10 Å². The molecule has 0 atom stereocenters. The van der Waals surface area contributed by atoms with Crippen LogP contribution < -0.4 is 10.5 Å². The molecule has 0 aliphatic heterocycles. The van der Waals surface area contributed by atoms with Crippen molar-refractivity contribution >= 4 is 11.9 Å². The van der Waals surface area contributed by atoms with E-state index < -0.39 is 11.9 Å². The molecule has 0 aliphatic rings. The van der Waals surface area contributed by atoms with Gasteiger partial charge in [-0.2, -0.15) is 0 Å². The standard InChI is InChI=1S/C9H14N2O.C2H2O4/c1-7(2)12-9-4-3-8(5-10)6-11-9;3-1(4)2(5)6/h3-4,6-7H,5,10H2,1-2H3;(H,3,4)(H,5,6). The number of carboxylic acids is 2. The van der Waals surface area contributed by atoms with E-state index in [1.807, 2.05) is 26.0 Å². The quantitative estimate of drug-likeness (QED) is 0.672. The van der Waals surface area contributed by atoms with Crippen LogP contribution >= 0.6 is 0 Å². The van der Waals surface area contributed by atoms with Crippen molar-refractivity contribution in [3.05, 3.63) is 23.9 Å². The second kappa shape index (κ2) is 8.02. The second-order valence-corrected chi connectivity index (χ2v) is 3.49. The highest BCUT2D eigenvalue weighted by Gasteiger charge is 2.04. The topological polar surface area (TPSA) is 123 Å². The van der Waals surface area contributed by atoms with Crippen molar-refractivity contribution in [1.82, 2.24) is 4.98 Å². The molecule has 1 rings (SSSR count). The molecule has 0 fully saturated rings. The lowest BCUT2D eigenvalue weighted by atomic mass is 10.3. The zero-order valence-electron chi connectivity index (χ0n) is 10.2. The van der Waals surface area contributed by atoms with Crippen LogP contribution in [0.15, 0.2) is 18.3 Å². The summed E-state index contributed by atoms with van der Waals surface area (Å²) < 4.78 is 5.36. The molecule has 18 heavy (non-hydrogen) atoms. The van der Waals surface area contributed by atoms with Gasteiger partial charge in [-0.05, 0) is 19.4 Å². The van der Waals surface area contributed by atoms with Crippen LogP contribution in [0.4, 0.5) is 0 Å². The fourth-order valence-electron chi connectivity index (χ4n) is 0.843. The summed E-state index contributed by atoms with van der Waals surface area (Å²) >= 11 is 0. The molecular weight excluding hydrogens is 240 g/mol. The predicted octanol–water partition coefficient (Wildman–Crippen LogP) is 0.483. The summed E-state index contributed by atoms with van der Waals surface area (Å²) in [7, 11) is 0. The molecule has 7 heteroatoms. The molecule has 0 radical (unpaired) electrons. The first-order valence-corrected chi connectivity index (χ1v) is 5.14. The maximum absolute atomic E-state index is 9.10. The van der Waals surface area contributed by atoms with Gasteiger partial charge in [0.05, 0.1) is 6.10 Å². The summed E-state index contributed by atoms with van der Waals surface area (Å²) in [5, 5.41) is 14.8. The molecule has 4 N–H and O–H groups in total. The summed E-state index contributed by atoms with van der Waals surface area (Å²) in [6, 6.07) is 3.76. The zero-order valence-corrected chi connectivity index (χ0v) is 10.2. The summed E-state index contributed by atoms with van der Waals surface area (Å²) in [6.45, 7) is 4.46. The van der Waals surface area contributed by atoms with Gasteiger partial charge < -0.3 is 20.7 Å². The number of hydrogen-bond acceptors (Lipinski definition) is 5. The molecule has 0 aliphatic carbocycles. The highest BCUT2D eigenvalue weighted by atomic mass is 16.5. The highest BCUT2D eigenvalue weighted by Crippen LogP contribution is 2.08. The van der Waals surface area contributed by atoms with Gasteiger partial charge in [-0.3, -0.25) is 0 Å². The van der Waals surface area contributed by atoms with E-state index in [4.69, 9.17) is 30.3 Å². The Morgan fingerprint density at radius 2 is 1.89 bits per heavy atom. The molecule has 0 saturated carbocycles. The Morgan fingerprint density at radius 1 is 1.33 bits per heavy atom. The Balaban J connectivity index is 0.000000411. The smallest absolute Gasteiger partial charge is 0.414 e. The molecule has 0 unspecified atom stereocenters. The zero-order chi connectivity index (χ0) is 14.1. The Morgan fingerprint density at radius 3 is 2.17 bits per heavy atom. The summed E-state index contributed by atoms with van der Waals surface area (Å²) in [5.74, 6) is -2.99. The Hall–Kier alpha value is -2.15. The van der Waals surface area contributed by atoms with Crippen molar-refractivity contribution in [2.24, 2.45) is 5.73 Å². The molecule has 0 saturated heterocycles. The average Bonchev–Trinajstić information content (AvgIpc) is 2.30. The number of hydrogen-bond donors (Lipinski definition) is 3. The van der Waals surface area contributed by atoms with Crippen molar-refractivity contribution < 1.29 is 24.5 Å². The maximum atomic E-state index is 9.10. The predicted molar refractivity (Wildman–Crippen MR) is 63.2 cm³/mol. The van der Waals surface area contributed by atoms with E-state index in [2.05, 4.69) is 4.98 Å². The molecule has 0 amide bonds. The molecule has 7 nitrogen and oxygen atoms in total. The largest absolute Gasteiger partial charge is 0.475 e. The van der Waals surface area contributed by atoms with Gasteiger partial charge in [0.1, 0.15) is 0 Å². The number of ether oxygens (including phenoxy) is 1. The van der Waals surface area contributed by atoms with Crippen LogP contribution in [0.25, 0.3) is 0 Å². The minimum Gasteiger partial charge on any atom is -0.475 e. The lowest BCUT2D eigenvalue weighted by molar-refractivity contribution is -0.159. The number of carboxylic acid groups (broad SMARTS) is 2. The third-order valence-electron chi connectivity index (χ3n) is 1.57. The molecule has 1 aromatic heterocycles. The van der Waals surface area contributed by atoms with Crippen LogP contribution in [0.1, 0.15) is 19.4 Å². The Bertz CT molecular complexity index is 377. The van der Waals surface area contributed by atoms with Crippen LogP contribution in [0.2, 0.25) is 0 Å². The minimum atomic E-state index is -1.82. The van der Waals surface area contributed by atoms with Crippen LogP contribution in [0.5, 0.6) is 5.88 Å². The van der Waals surface area contributed by atoms with Gasteiger partial charge in [-0.1, -0.05) is 6.07 Å². The van der Waals surface area contributed by atoms with Gasteiger partial charge in [0.2, 0.25) is 5.88 Å². The molecule has 100 valence electrons. The highest BCUT2D eigenvalue weighted by molar-refractivity contribution is 6.27. The van der Waals surface area contributed by atoms with Gasteiger partial charge in [0.25, 0.3) is 0 Å². The van der Waals surface area contributed by atoms with E-state index in [1.165, 1.54) is 0 Å². The number of aromatic nitrogens is 1. The van der Waals surface area contributed by atoms with E-state index in [1.54, 1.807) is 6.20 Å². The van der Waals surface area contributed by atoms with Crippen molar-refractivity contribution in [1.29, 1.82) is 0 Å². The summed E-state index contributed by atoms with van der Waals surface area (Å²) in [6.07, 6.45) is 1.90. The number of pyridine rings is 1. The first-order valence-electron chi connectivity index (χ1n) is 5.14. The molecule has 0 bridgehead atoms. The van der Waals surface area contributed by atoms with Crippen molar-refractivity contribution in [2.75, 3.05) is 0 Å². The van der Waals surface area contributed by atoms with Gasteiger partial charge >= 0.3 is 11.9 Å². The van der Waals surface area contributed by atoms with Crippen molar-refractivity contribution in [3.8, 4) is 5.88 Å². The maximum Gasteiger partial charge on any atom is 0.414 e. The van der Waals surface area contributed by atoms with Crippen LogP contribution in [0, 0.1) is 0 Å². The third kappa shape index (κ3) is 7.18. The number of nitrogens with two attached hydrogens (primary N) is 1. The second-order valence-electron chi connectivity index (χ2n) is 3.49. The fourth-order valence-corrected chi connectivity index (χ4v) is 0.843. The van der Waals surface area contributed by atoms with E-state index in [9.17, 15) is 0 Å². The lowest BCUT2D eigenvalue weighted by Crippen LogP contribution is -2.09. The number of aliphatic carboxylic acids is 2. The lowest BCUT2D eigenvalue weighted by Gasteiger charge is -2.07. The molecule has 0 spiro atoms. The summed E-state index contributed by atoms with van der Waals surface area (Å²) in [5.41, 5.74) is 6.44. The molecule has 1 aromatic rings. The van der Waals surface area contributed by atoms with Crippen molar-refractivity contribution in [2.45, 2.75) is 26.5 Å². The molecule has 1 heterocycles. The van der Waals surface area contributed by atoms with Gasteiger partial charge in [-0.15, -0.1) is 0 Å². The number of nitrogens with zero attached hydrogens (tertiary/aromatic N) is 1. The van der Waals surface area contributed by atoms with E-state index in [0.29, 0.717) is 12.4 Å². The number of carbonyl (C=O) groups is 2. The average molecular weight is 256 g/mol. The van der Waals surface area contributed by atoms with Crippen LogP contribution in [0.3, 0.4) is 0 Å². The van der Waals surface area contributed by atoms with E-state index in [0.717, 1.165) is 5.56 Å². The van der Waals surface area contributed by atoms with Gasteiger partial charge in [0.15, 0.2) is 0 Å². The molecule has 0 aromatic carbocycles. The summed E-state index contributed by atoms with van der Waals surface area (Å²) in [4.78, 5) is 22.3. The normalized spacial score (nSPS) is 9.33. The third-order valence-corrected chi connectivity index (χ3v) is 1.57. The van der Waals surface area contributed by atoms with Crippen LogP contribution in [-0.4, -0.2) is 33.2 Å². The van der Waals surface area contributed by atoms with Gasteiger partial charge in [0, 0.05) is 18.8 Å². The first-order chi connectivity index (χ1) is 8.36. The fraction of sp³-hybridized carbons (Fsp3) is 0.364. The first kappa shape index (κ1) is 15.9. The van der Waals surface area contributed by atoms with Crippen molar-refractivity contribution in [3.63, 3.8) is 0 Å². The van der Waals surface area contributed by atoms with Gasteiger partial charge in [-0.25, -0.2) is 14.6 Å². The molecular formula is C11H16N2O5. The minimum absolute atomic E-state index is 0.168. The van der Waals surface area contributed by atoms with E-state index >= 15 is 0 Å². The Labute approximate surface area is 104 Å².